The molecule has 1 aromatic heterocycles. The summed E-state index contributed by atoms with van der Waals surface area (Å²) in [6.07, 6.45) is 3.94. The van der Waals surface area contributed by atoms with E-state index in [9.17, 15) is 4.79 Å². The van der Waals surface area contributed by atoms with Crippen LogP contribution in [0.25, 0.3) is 11.4 Å². The van der Waals surface area contributed by atoms with Gasteiger partial charge in [-0.15, -0.1) is 0 Å². The molecule has 1 aliphatic rings. The van der Waals surface area contributed by atoms with Gasteiger partial charge in [-0.2, -0.15) is 0 Å². The van der Waals surface area contributed by atoms with Crippen LogP contribution in [-0.2, 0) is 4.79 Å². The molecule has 1 saturated heterocycles. The van der Waals surface area contributed by atoms with Crippen molar-refractivity contribution in [3.63, 3.8) is 0 Å². The zero-order chi connectivity index (χ0) is 16.2. The normalized spacial score (nSPS) is 18.2. The van der Waals surface area contributed by atoms with Crippen LogP contribution in [0.4, 0.5) is 0 Å². The van der Waals surface area contributed by atoms with E-state index in [0.717, 1.165) is 43.0 Å². The lowest BCUT2D eigenvalue weighted by Gasteiger charge is -2.33. The number of hydrogen-bond acceptors (Lipinski definition) is 3. The molecule has 1 aliphatic heterocycles. The van der Waals surface area contributed by atoms with Crippen LogP contribution in [0.2, 0.25) is 0 Å². The van der Waals surface area contributed by atoms with Gasteiger partial charge in [0, 0.05) is 42.4 Å². The van der Waals surface area contributed by atoms with Crippen molar-refractivity contribution in [2.75, 3.05) is 13.1 Å². The molecule has 2 aromatic rings. The van der Waals surface area contributed by atoms with Crippen LogP contribution in [0.5, 0.6) is 0 Å². The lowest BCUT2D eigenvalue weighted by Crippen LogP contribution is -2.41. The molecule has 1 amide bonds. The average Bonchev–Trinajstić information content (AvgIpc) is 2.62. The monoisotopic (exact) mass is 309 g/mol. The summed E-state index contributed by atoms with van der Waals surface area (Å²) < 4.78 is 0. The van der Waals surface area contributed by atoms with Crippen molar-refractivity contribution >= 4 is 5.91 Å². The Balaban J connectivity index is 1.80. The maximum Gasteiger partial charge on any atom is 0.225 e. The summed E-state index contributed by atoms with van der Waals surface area (Å²) in [7, 11) is 0. The zero-order valence-electron chi connectivity index (χ0n) is 13.8. The summed E-state index contributed by atoms with van der Waals surface area (Å²) in [6, 6.07) is 12.0. The predicted octanol–water partition coefficient (Wildman–Crippen LogP) is 3.51. The number of hydrogen-bond donors (Lipinski definition) is 0. The summed E-state index contributed by atoms with van der Waals surface area (Å²) in [4.78, 5) is 23.4. The number of carbonyl (C=O) groups excluding carboxylic acids is 1. The van der Waals surface area contributed by atoms with Gasteiger partial charge in [0.1, 0.15) is 0 Å². The first-order valence-electron chi connectivity index (χ1n) is 8.32. The van der Waals surface area contributed by atoms with Crippen LogP contribution >= 0.6 is 0 Å². The van der Waals surface area contributed by atoms with E-state index in [0.29, 0.717) is 5.92 Å². The summed E-state index contributed by atoms with van der Waals surface area (Å²) in [6.45, 7) is 5.56. The van der Waals surface area contributed by atoms with Gasteiger partial charge in [-0.1, -0.05) is 44.2 Å². The third-order valence-electron chi connectivity index (χ3n) is 4.35. The van der Waals surface area contributed by atoms with Gasteiger partial charge in [-0.05, 0) is 18.9 Å². The molecule has 0 unspecified atom stereocenters. The van der Waals surface area contributed by atoms with Gasteiger partial charge in [0.05, 0.1) is 0 Å². The van der Waals surface area contributed by atoms with Crippen molar-refractivity contribution in [1.29, 1.82) is 0 Å². The standard InChI is InChI=1S/C19H23N3O/c1-14(2)19(23)22-12-6-9-16(13-22)17-10-11-20-18(21-17)15-7-4-3-5-8-15/h3-5,7-8,10-11,14,16H,6,9,12-13H2,1-2H3/t16-/m0/s1. The van der Waals surface area contributed by atoms with E-state index in [4.69, 9.17) is 4.98 Å². The second-order valence-electron chi connectivity index (χ2n) is 6.45. The highest BCUT2D eigenvalue weighted by Crippen LogP contribution is 2.27. The first kappa shape index (κ1) is 15.7. The number of likely N-dealkylation sites (tertiary alicyclic amines) is 1. The molecule has 4 nitrogen and oxygen atoms in total. The highest BCUT2D eigenvalue weighted by atomic mass is 16.2. The highest BCUT2D eigenvalue weighted by Gasteiger charge is 2.27. The van der Waals surface area contributed by atoms with E-state index in [2.05, 4.69) is 4.98 Å². The van der Waals surface area contributed by atoms with Crippen LogP contribution < -0.4 is 0 Å². The van der Waals surface area contributed by atoms with Gasteiger partial charge in [0.25, 0.3) is 0 Å². The Morgan fingerprint density at radius 3 is 2.74 bits per heavy atom. The molecule has 1 atom stereocenters. The highest BCUT2D eigenvalue weighted by molar-refractivity contribution is 5.78. The molecule has 0 N–H and O–H groups in total. The molecule has 23 heavy (non-hydrogen) atoms. The van der Waals surface area contributed by atoms with Gasteiger partial charge >= 0.3 is 0 Å². The Bertz CT molecular complexity index is 669. The molecule has 120 valence electrons. The first-order chi connectivity index (χ1) is 11.1. The fourth-order valence-electron chi connectivity index (χ4n) is 3.11. The van der Waals surface area contributed by atoms with E-state index in [-0.39, 0.29) is 11.8 Å². The second kappa shape index (κ2) is 6.90. The minimum absolute atomic E-state index is 0.0547. The minimum atomic E-state index is 0.0547. The van der Waals surface area contributed by atoms with Crippen LogP contribution in [0.15, 0.2) is 42.6 Å². The van der Waals surface area contributed by atoms with Crippen molar-refractivity contribution < 1.29 is 4.79 Å². The number of benzene rings is 1. The van der Waals surface area contributed by atoms with Gasteiger partial charge in [-0.3, -0.25) is 4.79 Å². The van der Waals surface area contributed by atoms with Crippen LogP contribution in [0.1, 0.15) is 38.3 Å². The third-order valence-corrected chi connectivity index (χ3v) is 4.35. The molecular weight excluding hydrogens is 286 g/mol. The van der Waals surface area contributed by atoms with Gasteiger partial charge in [-0.25, -0.2) is 9.97 Å². The van der Waals surface area contributed by atoms with Crippen LogP contribution in [-0.4, -0.2) is 33.9 Å². The van der Waals surface area contributed by atoms with Gasteiger partial charge < -0.3 is 4.90 Å². The molecule has 0 saturated carbocycles. The van der Waals surface area contributed by atoms with E-state index in [1.807, 2.05) is 61.3 Å². The maximum absolute atomic E-state index is 12.3. The molecule has 3 rings (SSSR count). The average molecular weight is 309 g/mol. The summed E-state index contributed by atoms with van der Waals surface area (Å²) in [5, 5.41) is 0. The molecule has 0 aliphatic carbocycles. The Labute approximate surface area is 137 Å². The molecule has 0 bridgehead atoms. The van der Waals surface area contributed by atoms with E-state index in [1.54, 1.807) is 0 Å². The molecule has 1 aromatic carbocycles. The van der Waals surface area contributed by atoms with Crippen LogP contribution in [0, 0.1) is 5.92 Å². The number of rotatable bonds is 3. The Hall–Kier alpha value is -2.23. The van der Waals surface area contributed by atoms with Gasteiger partial charge in [0.2, 0.25) is 5.91 Å². The molecular formula is C19H23N3O. The summed E-state index contributed by atoms with van der Waals surface area (Å²) in [5.41, 5.74) is 2.07. The molecule has 1 fully saturated rings. The van der Waals surface area contributed by atoms with Crippen molar-refractivity contribution in [2.24, 2.45) is 5.92 Å². The maximum atomic E-state index is 12.3. The van der Waals surface area contributed by atoms with Crippen LogP contribution in [0.3, 0.4) is 0 Å². The number of amides is 1. The van der Waals surface area contributed by atoms with E-state index >= 15 is 0 Å². The Kier molecular flexibility index (Phi) is 4.70. The summed E-state index contributed by atoms with van der Waals surface area (Å²) in [5.74, 6) is 1.36. The number of aromatic nitrogens is 2. The number of nitrogens with zero attached hydrogens (tertiary/aromatic N) is 3. The molecule has 2 heterocycles. The predicted molar refractivity (Wildman–Crippen MR) is 90.9 cm³/mol. The molecule has 0 radical (unpaired) electrons. The number of carbonyl (C=O) groups is 1. The third kappa shape index (κ3) is 3.58. The molecule has 0 spiro atoms. The fraction of sp³-hybridized carbons (Fsp3) is 0.421. The van der Waals surface area contributed by atoms with Crippen molar-refractivity contribution in [2.45, 2.75) is 32.6 Å². The lowest BCUT2D eigenvalue weighted by molar-refractivity contribution is -0.135. The first-order valence-corrected chi connectivity index (χ1v) is 8.32. The largest absolute Gasteiger partial charge is 0.342 e. The van der Waals surface area contributed by atoms with E-state index in [1.165, 1.54) is 0 Å². The second-order valence-corrected chi connectivity index (χ2v) is 6.45. The lowest BCUT2D eigenvalue weighted by atomic mass is 9.93. The van der Waals surface area contributed by atoms with Crippen molar-refractivity contribution in [3.8, 4) is 11.4 Å². The molecule has 4 heteroatoms. The Morgan fingerprint density at radius 2 is 2.00 bits per heavy atom. The van der Waals surface area contributed by atoms with Crippen molar-refractivity contribution in [3.05, 3.63) is 48.3 Å². The topological polar surface area (TPSA) is 46.1 Å². The fourth-order valence-corrected chi connectivity index (χ4v) is 3.11. The minimum Gasteiger partial charge on any atom is -0.342 e. The zero-order valence-corrected chi connectivity index (χ0v) is 13.8. The smallest absolute Gasteiger partial charge is 0.225 e. The quantitative estimate of drug-likeness (QED) is 0.871. The number of piperidine rings is 1. The Morgan fingerprint density at radius 1 is 1.22 bits per heavy atom. The van der Waals surface area contributed by atoms with Gasteiger partial charge in [0.15, 0.2) is 5.82 Å². The van der Waals surface area contributed by atoms with Crippen molar-refractivity contribution in [1.82, 2.24) is 14.9 Å². The SMILES string of the molecule is CC(C)C(=O)N1CCC[C@H](c2ccnc(-c3ccccc3)n2)C1. The van der Waals surface area contributed by atoms with E-state index < -0.39 is 0 Å². The summed E-state index contributed by atoms with van der Waals surface area (Å²) >= 11 is 0.